The third-order valence-electron chi connectivity index (χ3n) is 4.55. The zero-order chi connectivity index (χ0) is 16.8. The van der Waals surface area contributed by atoms with Gasteiger partial charge in [-0.05, 0) is 42.0 Å². The van der Waals surface area contributed by atoms with E-state index in [4.69, 9.17) is 5.73 Å². The normalized spacial score (nSPS) is 16.7. The third kappa shape index (κ3) is 2.34. The maximum Gasteiger partial charge on any atom is 0.175 e. The number of aromatic nitrogens is 4. The number of hydrogen-bond acceptors (Lipinski definition) is 5. The molecule has 0 fully saturated rings. The Morgan fingerprint density at radius 2 is 2.21 bits per heavy atom. The van der Waals surface area contributed by atoms with E-state index in [-0.39, 0.29) is 0 Å². The van der Waals surface area contributed by atoms with Crippen LogP contribution in [0.1, 0.15) is 36.2 Å². The van der Waals surface area contributed by atoms with Gasteiger partial charge in [-0.3, -0.25) is 0 Å². The topological polar surface area (TPSA) is 69.6 Å². The predicted octanol–water partition coefficient (Wildman–Crippen LogP) is 3.62. The number of nitrogens with zero attached hydrogens (tertiary/aromatic N) is 4. The lowest BCUT2D eigenvalue weighted by Crippen LogP contribution is -1.96. The first-order valence-electron chi connectivity index (χ1n) is 7.99. The smallest absolute Gasteiger partial charge is 0.175 e. The van der Waals surface area contributed by atoms with Crippen molar-refractivity contribution in [3.8, 4) is 0 Å². The highest BCUT2D eigenvalue weighted by atomic mass is 32.2. The van der Waals surface area contributed by atoms with Crippen LogP contribution in [-0.2, 0) is 19.9 Å². The number of imidazole rings is 1. The van der Waals surface area contributed by atoms with Crippen LogP contribution in [0.2, 0.25) is 0 Å². The number of fused-ring (bicyclic) bond motifs is 2. The van der Waals surface area contributed by atoms with Crippen molar-refractivity contribution in [3.05, 3.63) is 35.2 Å². The maximum atomic E-state index is 14.1. The second kappa shape index (κ2) is 5.73. The minimum atomic E-state index is -0.854. The number of aryl methyl sites for hydroxylation is 3. The Morgan fingerprint density at radius 1 is 1.38 bits per heavy atom. The van der Waals surface area contributed by atoms with Gasteiger partial charge in [0.25, 0.3) is 0 Å². The summed E-state index contributed by atoms with van der Waals surface area (Å²) in [6.45, 7) is 2.12. The second-order valence-corrected chi connectivity index (χ2v) is 7.01. The number of nitrogens with two attached hydrogens (primary N) is 1. The summed E-state index contributed by atoms with van der Waals surface area (Å²) in [5, 5.41) is 0.778. The first-order valence-corrected chi connectivity index (χ1v) is 8.80. The first kappa shape index (κ1) is 15.4. The van der Waals surface area contributed by atoms with Crippen LogP contribution in [-0.4, -0.2) is 19.5 Å². The van der Waals surface area contributed by atoms with E-state index in [9.17, 15) is 4.39 Å². The standard InChI is InChI=1S/C17H18FN5S/c1-3-9-6-10-4-5-12(18)11(10)7-13(9)24-17-22-14-15(19)20-8-21-16(14)23(17)2/h6-8,12H,3-5H2,1-2H3,(H2,19,20,21). The fraction of sp³-hybridized carbons (Fsp3) is 0.353. The molecule has 2 N–H and O–H groups in total. The molecule has 0 aliphatic heterocycles. The largest absolute Gasteiger partial charge is 0.382 e. The summed E-state index contributed by atoms with van der Waals surface area (Å²) in [5.41, 5.74) is 10.4. The van der Waals surface area contributed by atoms with Gasteiger partial charge in [-0.1, -0.05) is 24.8 Å². The fourth-order valence-corrected chi connectivity index (χ4v) is 4.27. The molecule has 7 heteroatoms. The van der Waals surface area contributed by atoms with Gasteiger partial charge >= 0.3 is 0 Å². The van der Waals surface area contributed by atoms with E-state index in [1.54, 1.807) is 0 Å². The molecule has 5 nitrogen and oxygen atoms in total. The molecule has 124 valence electrons. The second-order valence-electron chi connectivity index (χ2n) is 6.01. The Morgan fingerprint density at radius 3 is 2.96 bits per heavy atom. The lowest BCUT2D eigenvalue weighted by Gasteiger charge is -2.11. The van der Waals surface area contributed by atoms with Crippen LogP contribution in [0.5, 0.6) is 0 Å². The van der Waals surface area contributed by atoms with Gasteiger partial charge in [0, 0.05) is 11.9 Å². The van der Waals surface area contributed by atoms with Crippen LogP contribution in [0.3, 0.4) is 0 Å². The summed E-state index contributed by atoms with van der Waals surface area (Å²) < 4.78 is 16.0. The maximum absolute atomic E-state index is 14.1. The number of hydrogen-bond donors (Lipinski definition) is 1. The quantitative estimate of drug-likeness (QED) is 0.786. The van der Waals surface area contributed by atoms with E-state index in [0.29, 0.717) is 23.4 Å². The predicted molar refractivity (Wildman–Crippen MR) is 92.8 cm³/mol. The van der Waals surface area contributed by atoms with E-state index < -0.39 is 6.17 Å². The molecule has 0 spiro atoms. The van der Waals surface area contributed by atoms with E-state index in [0.717, 1.165) is 34.0 Å². The highest BCUT2D eigenvalue weighted by molar-refractivity contribution is 7.99. The number of anilines is 1. The monoisotopic (exact) mass is 343 g/mol. The summed E-state index contributed by atoms with van der Waals surface area (Å²) in [7, 11) is 1.90. The Bertz CT molecular complexity index is 936. The van der Waals surface area contributed by atoms with E-state index >= 15 is 0 Å². The van der Waals surface area contributed by atoms with E-state index in [1.165, 1.54) is 23.7 Å². The molecule has 0 saturated heterocycles. The molecule has 1 aliphatic rings. The van der Waals surface area contributed by atoms with Crippen LogP contribution in [0.4, 0.5) is 10.2 Å². The molecule has 0 saturated carbocycles. The molecular weight excluding hydrogens is 325 g/mol. The summed E-state index contributed by atoms with van der Waals surface area (Å²) in [6, 6.07) is 4.14. The van der Waals surface area contributed by atoms with Crippen molar-refractivity contribution in [3.63, 3.8) is 0 Å². The molecule has 0 radical (unpaired) electrons. The van der Waals surface area contributed by atoms with E-state index in [2.05, 4.69) is 27.9 Å². The number of rotatable bonds is 3. The van der Waals surface area contributed by atoms with Crippen LogP contribution in [0.15, 0.2) is 28.5 Å². The van der Waals surface area contributed by atoms with Crippen molar-refractivity contribution in [2.75, 3.05) is 5.73 Å². The molecule has 1 aromatic carbocycles. The fourth-order valence-electron chi connectivity index (χ4n) is 3.19. The molecule has 4 rings (SSSR count). The molecule has 2 heterocycles. The van der Waals surface area contributed by atoms with Crippen molar-refractivity contribution >= 4 is 28.7 Å². The molecule has 1 unspecified atom stereocenters. The Labute approximate surface area is 143 Å². The van der Waals surface area contributed by atoms with Gasteiger partial charge in [0.1, 0.15) is 12.5 Å². The Balaban J connectivity index is 1.80. The lowest BCUT2D eigenvalue weighted by molar-refractivity contribution is 0.343. The highest BCUT2D eigenvalue weighted by Gasteiger charge is 2.24. The number of benzene rings is 1. The zero-order valence-corrected chi connectivity index (χ0v) is 14.4. The summed E-state index contributed by atoms with van der Waals surface area (Å²) in [5.74, 6) is 0.371. The van der Waals surface area contributed by atoms with Crippen LogP contribution in [0.25, 0.3) is 11.2 Å². The average Bonchev–Trinajstić information content (AvgIpc) is 3.10. The highest BCUT2D eigenvalue weighted by Crippen LogP contribution is 2.40. The van der Waals surface area contributed by atoms with Gasteiger partial charge < -0.3 is 10.3 Å². The number of halogens is 1. The van der Waals surface area contributed by atoms with E-state index in [1.807, 2.05) is 17.7 Å². The Kier molecular flexibility index (Phi) is 3.68. The molecule has 24 heavy (non-hydrogen) atoms. The average molecular weight is 343 g/mol. The van der Waals surface area contributed by atoms with Crippen LogP contribution >= 0.6 is 11.8 Å². The van der Waals surface area contributed by atoms with Gasteiger partial charge in [-0.15, -0.1) is 0 Å². The van der Waals surface area contributed by atoms with Gasteiger partial charge in [-0.2, -0.15) is 0 Å². The van der Waals surface area contributed by atoms with Crippen LogP contribution in [0, 0.1) is 0 Å². The van der Waals surface area contributed by atoms with Crippen LogP contribution < -0.4 is 5.73 Å². The zero-order valence-electron chi connectivity index (χ0n) is 13.6. The van der Waals surface area contributed by atoms with Gasteiger partial charge in [0.15, 0.2) is 22.1 Å². The van der Waals surface area contributed by atoms with Gasteiger partial charge in [0.2, 0.25) is 0 Å². The van der Waals surface area contributed by atoms with Gasteiger partial charge in [-0.25, -0.2) is 19.3 Å². The molecule has 2 aromatic heterocycles. The van der Waals surface area contributed by atoms with Crippen molar-refractivity contribution in [1.29, 1.82) is 0 Å². The van der Waals surface area contributed by atoms with Crippen molar-refractivity contribution in [2.45, 2.75) is 42.4 Å². The van der Waals surface area contributed by atoms with Crippen molar-refractivity contribution in [1.82, 2.24) is 19.5 Å². The molecule has 0 amide bonds. The number of alkyl halides is 1. The molecule has 0 bridgehead atoms. The Hall–Kier alpha value is -2.15. The first-order chi connectivity index (χ1) is 11.6. The summed E-state index contributed by atoms with van der Waals surface area (Å²) >= 11 is 1.53. The summed E-state index contributed by atoms with van der Waals surface area (Å²) in [4.78, 5) is 13.9. The minimum Gasteiger partial charge on any atom is -0.382 e. The third-order valence-corrected chi connectivity index (χ3v) is 5.70. The molecular formula is C17H18FN5S. The summed E-state index contributed by atoms with van der Waals surface area (Å²) in [6.07, 6.45) is 2.90. The molecule has 1 atom stereocenters. The molecule has 1 aliphatic carbocycles. The van der Waals surface area contributed by atoms with Crippen molar-refractivity contribution < 1.29 is 4.39 Å². The molecule has 3 aromatic rings. The minimum absolute atomic E-state index is 0.371. The SMILES string of the molecule is CCc1cc2c(cc1Sc1nc3c(N)ncnc3n1C)C(F)CC2. The van der Waals surface area contributed by atoms with Gasteiger partial charge in [0.05, 0.1) is 0 Å². The number of nitrogen functional groups attached to an aromatic ring is 1. The lowest BCUT2D eigenvalue weighted by atomic mass is 10.0. The van der Waals surface area contributed by atoms with Crippen molar-refractivity contribution in [2.24, 2.45) is 7.05 Å².